The summed E-state index contributed by atoms with van der Waals surface area (Å²) in [5, 5.41) is 3.55. The minimum atomic E-state index is 0.310. The number of hydrogen-bond acceptors (Lipinski definition) is 4. The number of methoxy groups -OCH3 is 1. The SMILES string of the molecule is COc1ccc(C(C2COCCN2)N(C)C)cc1C. The zero-order valence-electron chi connectivity index (χ0n) is 12.3. The average molecular weight is 264 g/mol. The molecule has 4 nitrogen and oxygen atoms in total. The molecular formula is C15H24N2O2. The van der Waals surface area contributed by atoms with Crippen LogP contribution in [0.1, 0.15) is 17.2 Å². The van der Waals surface area contributed by atoms with E-state index in [0.717, 1.165) is 25.5 Å². The van der Waals surface area contributed by atoms with Gasteiger partial charge in [-0.05, 0) is 38.2 Å². The van der Waals surface area contributed by atoms with Crippen molar-refractivity contribution in [2.45, 2.75) is 19.0 Å². The summed E-state index contributed by atoms with van der Waals surface area (Å²) in [7, 11) is 5.93. The number of rotatable bonds is 4. The van der Waals surface area contributed by atoms with Crippen LogP contribution in [-0.4, -0.2) is 51.9 Å². The van der Waals surface area contributed by atoms with Gasteiger partial charge >= 0.3 is 0 Å². The highest BCUT2D eigenvalue weighted by Gasteiger charge is 2.27. The molecule has 0 spiro atoms. The molecule has 106 valence electrons. The number of likely N-dealkylation sites (N-methyl/N-ethyl adjacent to an activating group) is 1. The van der Waals surface area contributed by atoms with Gasteiger partial charge in [0.25, 0.3) is 0 Å². The Morgan fingerprint density at radius 2 is 2.21 bits per heavy atom. The van der Waals surface area contributed by atoms with Crippen molar-refractivity contribution in [3.05, 3.63) is 29.3 Å². The van der Waals surface area contributed by atoms with Gasteiger partial charge in [0.15, 0.2) is 0 Å². The first kappa shape index (κ1) is 14.3. The van der Waals surface area contributed by atoms with E-state index in [1.54, 1.807) is 7.11 Å². The van der Waals surface area contributed by atoms with Gasteiger partial charge in [0, 0.05) is 6.54 Å². The number of aryl methyl sites for hydroxylation is 1. The summed E-state index contributed by atoms with van der Waals surface area (Å²) in [6.45, 7) is 4.57. The quantitative estimate of drug-likeness (QED) is 0.895. The van der Waals surface area contributed by atoms with E-state index in [-0.39, 0.29) is 0 Å². The molecule has 0 amide bonds. The Hall–Kier alpha value is -1.10. The molecule has 2 unspecified atom stereocenters. The summed E-state index contributed by atoms with van der Waals surface area (Å²) >= 11 is 0. The van der Waals surface area contributed by atoms with Gasteiger partial charge < -0.3 is 19.7 Å². The van der Waals surface area contributed by atoms with Crippen molar-refractivity contribution in [3.63, 3.8) is 0 Å². The highest BCUT2D eigenvalue weighted by Crippen LogP contribution is 2.28. The molecule has 0 aromatic heterocycles. The van der Waals surface area contributed by atoms with Gasteiger partial charge in [-0.3, -0.25) is 0 Å². The predicted molar refractivity (Wildman–Crippen MR) is 76.8 cm³/mol. The molecule has 0 saturated carbocycles. The lowest BCUT2D eigenvalue weighted by molar-refractivity contribution is 0.0459. The van der Waals surface area contributed by atoms with Crippen LogP contribution in [0.2, 0.25) is 0 Å². The molecule has 2 atom stereocenters. The van der Waals surface area contributed by atoms with Crippen molar-refractivity contribution in [2.75, 3.05) is 41.0 Å². The van der Waals surface area contributed by atoms with E-state index < -0.39 is 0 Å². The largest absolute Gasteiger partial charge is 0.496 e. The lowest BCUT2D eigenvalue weighted by atomic mass is 9.96. The molecule has 1 aromatic carbocycles. The molecule has 0 bridgehead atoms. The Balaban J connectivity index is 2.25. The maximum Gasteiger partial charge on any atom is 0.121 e. The fraction of sp³-hybridized carbons (Fsp3) is 0.600. The van der Waals surface area contributed by atoms with E-state index in [4.69, 9.17) is 9.47 Å². The zero-order valence-corrected chi connectivity index (χ0v) is 12.3. The summed E-state index contributed by atoms with van der Waals surface area (Å²) in [5.41, 5.74) is 2.47. The fourth-order valence-corrected chi connectivity index (χ4v) is 2.76. The molecule has 1 saturated heterocycles. The van der Waals surface area contributed by atoms with Crippen LogP contribution in [0.15, 0.2) is 18.2 Å². The van der Waals surface area contributed by atoms with Gasteiger partial charge in [-0.1, -0.05) is 12.1 Å². The molecule has 0 aliphatic carbocycles. The number of nitrogens with zero attached hydrogens (tertiary/aromatic N) is 1. The fourth-order valence-electron chi connectivity index (χ4n) is 2.76. The lowest BCUT2D eigenvalue weighted by Gasteiger charge is -2.36. The van der Waals surface area contributed by atoms with Gasteiger partial charge in [-0.2, -0.15) is 0 Å². The first-order valence-corrected chi connectivity index (χ1v) is 6.75. The molecule has 2 rings (SSSR count). The first-order valence-electron chi connectivity index (χ1n) is 6.75. The van der Waals surface area contributed by atoms with Crippen molar-refractivity contribution in [1.82, 2.24) is 10.2 Å². The van der Waals surface area contributed by atoms with Gasteiger partial charge in [-0.25, -0.2) is 0 Å². The molecule has 0 radical (unpaired) electrons. The number of ether oxygens (including phenoxy) is 2. The van der Waals surface area contributed by atoms with E-state index in [2.05, 4.69) is 43.4 Å². The van der Waals surface area contributed by atoms with Crippen LogP contribution in [0.5, 0.6) is 5.75 Å². The third-order valence-corrected chi connectivity index (χ3v) is 3.65. The van der Waals surface area contributed by atoms with E-state index in [0.29, 0.717) is 12.1 Å². The van der Waals surface area contributed by atoms with Crippen molar-refractivity contribution < 1.29 is 9.47 Å². The number of nitrogens with one attached hydrogen (secondary N) is 1. The maximum absolute atomic E-state index is 5.60. The monoisotopic (exact) mass is 264 g/mol. The summed E-state index contributed by atoms with van der Waals surface area (Å²) in [6, 6.07) is 7.04. The van der Waals surface area contributed by atoms with Gasteiger partial charge in [0.1, 0.15) is 5.75 Å². The van der Waals surface area contributed by atoms with Crippen molar-refractivity contribution >= 4 is 0 Å². The summed E-state index contributed by atoms with van der Waals surface area (Å²) in [5.74, 6) is 0.939. The van der Waals surface area contributed by atoms with Crippen molar-refractivity contribution in [2.24, 2.45) is 0 Å². The Morgan fingerprint density at radius 1 is 1.42 bits per heavy atom. The zero-order chi connectivity index (χ0) is 13.8. The van der Waals surface area contributed by atoms with Gasteiger partial charge in [0.2, 0.25) is 0 Å². The summed E-state index contributed by atoms with van der Waals surface area (Å²) in [6.07, 6.45) is 0. The third kappa shape index (κ3) is 3.26. The van der Waals surface area contributed by atoms with E-state index in [1.807, 2.05) is 6.07 Å². The topological polar surface area (TPSA) is 33.7 Å². The van der Waals surface area contributed by atoms with Crippen molar-refractivity contribution in [3.8, 4) is 5.75 Å². The molecule has 1 N–H and O–H groups in total. The van der Waals surface area contributed by atoms with Crippen LogP contribution >= 0.6 is 0 Å². The maximum atomic E-state index is 5.60. The smallest absolute Gasteiger partial charge is 0.121 e. The molecule has 1 heterocycles. The number of benzene rings is 1. The standard InChI is InChI=1S/C15H24N2O2/c1-11-9-12(5-6-14(11)18-4)15(17(2)3)13-10-19-8-7-16-13/h5-6,9,13,15-16H,7-8,10H2,1-4H3. The van der Waals surface area contributed by atoms with Crippen LogP contribution in [0.25, 0.3) is 0 Å². The molecule has 1 aromatic rings. The van der Waals surface area contributed by atoms with Crippen LogP contribution in [-0.2, 0) is 4.74 Å². The molecule has 1 aliphatic rings. The Morgan fingerprint density at radius 3 is 2.74 bits per heavy atom. The van der Waals surface area contributed by atoms with Crippen LogP contribution < -0.4 is 10.1 Å². The van der Waals surface area contributed by atoms with Crippen LogP contribution in [0.4, 0.5) is 0 Å². The first-order chi connectivity index (χ1) is 9.13. The molecule has 4 heteroatoms. The normalized spacial score (nSPS) is 21.4. The molecule has 1 aliphatic heterocycles. The summed E-state index contributed by atoms with van der Waals surface area (Å²) < 4.78 is 10.9. The Labute approximate surface area is 115 Å². The highest BCUT2D eigenvalue weighted by molar-refractivity contribution is 5.38. The third-order valence-electron chi connectivity index (χ3n) is 3.65. The highest BCUT2D eigenvalue weighted by atomic mass is 16.5. The second-order valence-corrected chi connectivity index (χ2v) is 5.27. The second-order valence-electron chi connectivity index (χ2n) is 5.27. The Bertz CT molecular complexity index is 415. The molecular weight excluding hydrogens is 240 g/mol. The number of morpholine rings is 1. The predicted octanol–water partition coefficient (Wildman–Crippen LogP) is 1.59. The van der Waals surface area contributed by atoms with E-state index in [1.165, 1.54) is 11.1 Å². The number of hydrogen-bond donors (Lipinski definition) is 1. The van der Waals surface area contributed by atoms with E-state index in [9.17, 15) is 0 Å². The van der Waals surface area contributed by atoms with Crippen LogP contribution in [0.3, 0.4) is 0 Å². The van der Waals surface area contributed by atoms with Crippen LogP contribution in [0, 0.1) is 6.92 Å². The Kier molecular flexibility index (Phi) is 4.80. The minimum absolute atomic E-state index is 0.310. The van der Waals surface area contributed by atoms with Gasteiger partial charge in [-0.15, -0.1) is 0 Å². The van der Waals surface area contributed by atoms with E-state index >= 15 is 0 Å². The molecule has 19 heavy (non-hydrogen) atoms. The molecule has 1 fully saturated rings. The summed E-state index contributed by atoms with van der Waals surface area (Å²) in [4.78, 5) is 2.24. The van der Waals surface area contributed by atoms with Gasteiger partial charge in [0.05, 0.1) is 32.4 Å². The lowest BCUT2D eigenvalue weighted by Crippen LogP contribution is -2.48. The average Bonchev–Trinajstić information content (AvgIpc) is 2.40. The second kappa shape index (κ2) is 6.37. The van der Waals surface area contributed by atoms with Crippen molar-refractivity contribution in [1.29, 1.82) is 0 Å². The minimum Gasteiger partial charge on any atom is -0.496 e.